The molecule has 0 bridgehead atoms. The Hall–Kier alpha value is -0.860. The van der Waals surface area contributed by atoms with Gasteiger partial charge in [0.25, 0.3) is 0 Å². The van der Waals surface area contributed by atoms with E-state index >= 15 is 0 Å². The van der Waals surface area contributed by atoms with Crippen LogP contribution in [0, 0.1) is 19.8 Å². The lowest BCUT2D eigenvalue weighted by Gasteiger charge is -2.39. The van der Waals surface area contributed by atoms with Gasteiger partial charge < -0.3 is 10.5 Å². The molecule has 0 heterocycles. The van der Waals surface area contributed by atoms with Crippen molar-refractivity contribution in [1.29, 1.82) is 0 Å². The van der Waals surface area contributed by atoms with Crippen LogP contribution in [0.25, 0.3) is 0 Å². The minimum atomic E-state index is -0.0880. The van der Waals surface area contributed by atoms with Crippen LogP contribution in [0.2, 0.25) is 0 Å². The monoisotopic (exact) mass is 261 g/mol. The maximum absolute atomic E-state index is 6.26. The van der Waals surface area contributed by atoms with E-state index in [-0.39, 0.29) is 5.60 Å². The summed E-state index contributed by atoms with van der Waals surface area (Å²) < 4.78 is 6.26. The van der Waals surface area contributed by atoms with E-state index in [9.17, 15) is 0 Å². The van der Waals surface area contributed by atoms with E-state index in [1.165, 1.54) is 29.5 Å². The van der Waals surface area contributed by atoms with Crippen LogP contribution in [0.15, 0.2) is 18.2 Å². The van der Waals surface area contributed by atoms with Gasteiger partial charge in [-0.15, -0.1) is 0 Å². The van der Waals surface area contributed by atoms with Crippen molar-refractivity contribution in [3.8, 4) is 0 Å². The third-order valence-electron chi connectivity index (χ3n) is 4.25. The third kappa shape index (κ3) is 3.80. The van der Waals surface area contributed by atoms with E-state index in [2.05, 4.69) is 39.0 Å². The van der Waals surface area contributed by atoms with Crippen molar-refractivity contribution in [2.45, 2.75) is 58.7 Å². The average Bonchev–Trinajstić information content (AvgIpc) is 2.35. The summed E-state index contributed by atoms with van der Waals surface area (Å²) >= 11 is 0. The van der Waals surface area contributed by atoms with Crippen LogP contribution >= 0.6 is 0 Å². The molecule has 2 N–H and O–H groups in total. The van der Waals surface area contributed by atoms with E-state index in [4.69, 9.17) is 10.5 Å². The zero-order valence-electron chi connectivity index (χ0n) is 12.5. The number of benzene rings is 1. The van der Waals surface area contributed by atoms with Crippen LogP contribution in [-0.4, -0.2) is 12.1 Å². The first-order valence-electron chi connectivity index (χ1n) is 7.44. The Bertz CT molecular complexity index is 409. The molecule has 2 rings (SSSR count). The molecular weight excluding hydrogens is 234 g/mol. The van der Waals surface area contributed by atoms with Gasteiger partial charge in [-0.2, -0.15) is 0 Å². The van der Waals surface area contributed by atoms with E-state index in [0.29, 0.717) is 13.2 Å². The first-order valence-corrected chi connectivity index (χ1v) is 7.44. The summed E-state index contributed by atoms with van der Waals surface area (Å²) in [6.45, 7) is 7.91. The molecular formula is C17H27NO. The van der Waals surface area contributed by atoms with Gasteiger partial charge >= 0.3 is 0 Å². The average molecular weight is 261 g/mol. The van der Waals surface area contributed by atoms with Crippen LogP contribution in [0.1, 0.15) is 49.3 Å². The number of ether oxygens (including phenoxy) is 1. The van der Waals surface area contributed by atoms with Crippen molar-refractivity contribution in [3.05, 3.63) is 34.9 Å². The van der Waals surface area contributed by atoms with Gasteiger partial charge in [0.15, 0.2) is 0 Å². The minimum Gasteiger partial charge on any atom is -0.369 e. The lowest BCUT2D eigenvalue weighted by atomic mass is 9.79. The fraction of sp³-hybridized carbons (Fsp3) is 0.647. The smallest absolute Gasteiger partial charge is 0.0811 e. The largest absolute Gasteiger partial charge is 0.369 e. The van der Waals surface area contributed by atoms with Gasteiger partial charge in [0, 0.05) is 6.54 Å². The number of nitrogens with two attached hydrogens (primary N) is 1. The van der Waals surface area contributed by atoms with Crippen LogP contribution in [-0.2, 0) is 11.3 Å². The molecule has 1 fully saturated rings. The Balaban J connectivity index is 2.03. The molecule has 1 saturated carbocycles. The van der Waals surface area contributed by atoms with E-state index in [0.717, 1.165) is 18.8 Å². The zero-order valence-corrected chi connectivity index (χ0v) is 12.5. The molecule has 1 aromatic carbocycles. The number of hydrogen-bond acceptors (Lipinski definition) is 2. The van der Waals surface area contributed by atoms with Crippen LogP contribution < -0.4 is 5.73 Å². The van der Waals surface area contributed by atoms with Gasteiger partial charge in [0.05, 0.1) is 12.2 Å². The first-order chi connectivity index (χ1) is 9.03. The Morgan fingerprint density at radius 3 is 2.53 bits per heavy atom. The van der Waals surface area contributed by atoms with E-state index < -0.39 is 0 Å². The zero-order chi connectivity index (χ0) is 13.9. The maximum Gasteiger partial charge on any atom is 0.0811 e. The Labute approximate surface area is 117 Å². The van der Waals surface area contributed by atoms with E-state index in [1.807, 2.05) is 0 Å². The molecule has 0 amide bonds. The van der Waals surface area contributed by atoms with Crippen molar-refractivity contribution in [2.24, 2.45) is 11.7 Å². The topological polar surface area (TPSA) is 35.2 Å². The molecule has 2 heteroatoms. The molecule has 0 saturated heterocycles. The standard InChI is InChI=1S/C17H27NO/c1-13-5-4-6-17(10-13,12-18)19-11-16-8-14(2)7-15(3)9-16/h7-9,13H,4-6,10-12,18H2,1-3H3. The van der Waals surface area contributed by atoms with Gasteiger partial charge in [-0.25, -0.2) is 0 Å². The van der Waals surface area contributed by atoms with Gasteiger partial charge in [-0.1, -0.05) is 49.1 Å². The van der Waals surface area contributed by atoms with Crippen molar-refractivity contribution < 1.29 is 4.74 Å². The molecule has 0 radical (unpaired) electrons. The fourth-order valence-electron chi connectivity index (χ4n) is 3.38. The summed E-state index contributed by atoms with van der Waals surface area (Å²) in [5.41, 5.74) is 9.78. The van der Waals surface area contributed by atoms with Crippen molar-refractivity contribution in [1.82, 2.24) is 0 Å². The highest BCUT2D eigenvalue weighted by Gasteiger charge is 2.34. The second-order valence-electron chi connectivity index (χ2n) is 6.37. The Morgan fingerprint density at radius 2 is 1.95 bits per heavy atom. The van der Waals surface area contributed by atoms with Gasteiger partial charge in [0.1, 0.15) is 0 Å². The number of rotatable bonds is 4. The molecule has 2 unspecified atom stereocenters. The fourth-order valence-corrected chi connectivity index (χ4v) is 3.38. The number of hydrogen-bond donors (Lipinski definition) is 1. The minimum absolute atomic E-state index is 0.0880. The highest BCUT2D eigenvalue weighted by atomic mass is 16.5. The summed E-state index contributed by atoms with van der Waals surface area (Å²) in [6.07, 6.45) is 4.77. The molecule has 0 aromatic heterocycles. The molecule has 0 spiro atoms. The first kappa shape index (κ1) is 14.5. The second-order valence-corrected chi connectivity index (χ2v) is 6.37. The summed E-state index contributed by atoms with van der Waals surface area (Å²) in [7, 11) is 0. The summed E-state index contributed by atoms with van der Waals surface area (Å²) in [5, 5.41) is 0. The highest BCUT2D eigenvalue weighted by Crippen LogP contribution is 2.35. The molecule has 19 heavy (non-hydrogen) atoms. The van der Waals surface area contributed by atoms with Crippen molar-refractivity contribution >= 4 is 0 Å². The molecule has 1 aromatic rings. The maximum atomic E-state index is 6.26. The Morgan fingerprint density at radius 1 is 1.26 bits per heavy atom. The van der Waals surface area contributed by atoms with Gasteiger partial charge in [-0.3, -0.25) is 0 Å². The molecule has 2 atom stereocenters. The summed E-state index contributed by atoms with van der Waals surface area (Å²) in [6, 6.07) is 6.62. The lowest BCUT2D eigenvalue weighted by Crippen LogP contribution is -2.44. The quantitative estimate of drug-likeness (QED) is 0.896. The number of aryl methyl sites for hydroxylation is 2. The normalized spacial score (nSPS) is 27.5. The van der Waals surface area contributed by atoms with E-state index in [1.54, 1.807) is 0 Å². The van der Waals surface area contributed by atoms with Crippen LogP contribution in [0.3, 0.4) is 0 Å². The summed E-state index contributed by atoms with van der Waals surface area (Å²) in [4.78, 5) is 0. The second kappa shape index (κ2) is 6.06. The predicted octanol–water partition coefficient (Wildman–Crippen LogP) is 3.73. The lowest BCUT2D eigenvalue weighted by molar-refractivity contribution is -0.0840. The Kier molecular flexibility index (Phi) is 4.64. The van der Waals surface area contributed by atoms with Gasteiger partial charge in [0.2, 0.25) is 0 Å². The SMILES string of the molecule is Cc1cc(C)cc(COC2(CN)CCCC(C)C2)c1. The molecule has 0 aliphatic heterocycles. The molecule has 1 aliphatic rings. The van der Waals surface area contributed by atoms with Crippen LogP contribution in [0.4, 0.5) is 0 Å². The van der Waals surface area contributed by atoms with Gasteiger partial charge in [-0.05, 0) is 38.2 Å². The summed E-state index contributed by atoms with van der Waals surface area (Å²) in [5.74, 6) is 0.733. The molecule has 2 nitrogen and oxygen atoms in total. The van der Waals surface area contributed by atoms with Crippen molar-refractivity contribution in [3.63, 3.8) is 0 Å². The molecule has 1 aliphatic carbocycles. The van der Waals surface area contributed by atoms with Crippen molar-refractivity contribution in [2.75, 3.05) is 6.54 Å². The highest BCUT2D eigenvalue weighted by molar-refractivity contribution is 5.28. The van der Waals surface area contributed by atoms with Crippen LogP contribution in [0.5, 0.6) is 0 Å². The predicted molar refractivity (Wildman–Crippen MR) is 80.1 cm³/mol. The third-order valence-corrected chi connectivity index (χ3v) is 4.25. The molecule has 106 valence electrons.